The molecule has 39 heavy (non-hydrogen) atoms. The first kappa shape index (κ1) is 22.1. The summed E-state index contributed by atoms with van der Waals surface area (Å²) in [6.45, 7) is 1.43. The molecule has 6 aliphatic carbocycles. The summed E-state index contributed by atoms with van der Waals surface area (Å²) in [5, 5.41) is 7.01. The zero-order valence-corrected chi connectivity index (χ0v) is 21.5. The number of ketones is 4. The number of thiophene rings is 1. The van der Waals surface area contributed by atoms with Crippen molar-refractivity contribution in [2.24, 2.45) is 22.7 Å². The van der Waals surface area contributed by atoms with Crippen LogP contribution in [0.3, 0.4) is 0 Å². The number of allylic oxidation sites excluding steroid dienone is 8. The maximum Gasteiger partial charge on any atom is 0.185 e. The van der Waals surface area contributed by atoms with E-state index in [0.29, 0.717) is 34.0 Å². The van der Waals surface area contributed by atoms with Crippen LogP contribution in [0, 0.1) is 22.7 Å². The van der Waals surface area contributed by atoms with Gasteiger partial charge < -0.3 is 10.6 Å². The van der Waals surface area contributed by atoms with Gasteiger partial charge in [-0.3, -0.25) is 19.2 Å². The van der Waals surface area contributed by atoms with Crippen LogP contribution in [-0.2, 0) is 9.59 Å². The number of fused-ring (bicyclic) bond motifs is 2. The van der Waals surface area contributed by atoms with Gasteiger partial charge in [0.1, 0.15) is 0 Å². The molecular weight excluding hydrogens is 508 g/mol. The molecule has 0 aromatic carbocycles. The van der Waals surface area contributed by atoms with Crippen molar-refractivity contribution in [3.05, 3.63) is 116 Å². The molecule has 6 atom stereocenters. The normalized spacial score (nSPS) is 37.5. The zero-order valence-electron chi connectivity index (χ0n) is 20.7. The molecule has 2 saturated heterocycles. The van der Waals surface area contributed by atoms with Gasteiger partial charge in [-0.1, -0.05) is 48.6 Å². The number of carbonyl (C=O) groups excluding carboxylic acids is 4. The molecule has 6 nitrogen and oxygen atoms in total. The summed E-state index contributed by atoms with van der Waals surface area (Å²) in [6, 6.07) is 3.22. The van der Waals surface area contributed by atoms with Crippen LogP contribution >= 0.6 is 11.3 Å². The third kappa shape index (κ3) is 2.59. The highest BCUT2D eigenvalue weighted by atomic mass is 32.1. The van der Waals surface area contributed by atoms with Crippen LogP contribution in [0.5, 0.6) is 0 Å². The van der Waals surface area contributed by atoms with Crippen molar-refractivity contribution in [2.75, 3.05) is 13.1 Å². The Hall–Kier alpha value is -3.78. The van der Waals surface area contributed by atoms with E-state index in [1.54, 1.807) is 36.4 Å². The molecule has 3 heterocycles. The van der Waals surface area contributed by atoms with Gasteiger partial charge in [0.25, 0.3) is 0 Å². The van der Waals surface area contributed by atoms with Gasteiger partial charge in [0.05, 0.1) is 32.4 Å². The lowest BCUT2D eigenvalue weighted by Crippen LogP contribution is -2.46. The van der Waals surface area contributed by atoms with Gasteiger partial charge >= 0.3 is 0 Å². The Morgan fingerprint density at radius 1 is 0.744 bits per heavy atom. The topological polar surface area (TPSA) is 92.3 Å². The molecule has 2 spiro atoms. The molecule has 0 radical (unpaired) electrons. The number of hydrogen-bond acceptors (Lipinski definition) is 7. The summed E-state index contributed by atoms with van der Waals surface area (Å²) >= 11 is 1.22. The fraction of sp³-hybridized carbons (Fsp3) is 0.250. The molecule has 0 saturated carbocycles. The molecule has 1 aromatic heterocycles. The first-order valence-corrected chi connectivity index (χ1v) is 14.2. The van der Waals surface area contributed by atoms with Gasteiger partial charge in [-0.05, 0) is 46.6 Å². The molecule has 7 heteroatoms. The molecular formula is C32H22N2O4S. The highest BCUT2D eigenvalue weighted by Crippen LogP contribution is 2.64. The first-order chi connectivity index (χ1) is 18.9. The molecule has 8 aliphatic rings. The second-order valence-corrected chi connectivity index (χ2v) is 12.6. The maximum absolute atomic E-state index is 13.9. The quantitative estimate of drug-likeness (QED) is 0.459. The van der Waals surface area contributed by atoms with Gasteiger partial charge in [-0.2, -0.15) is 0 Å². The first-order valence-electron chi connectivity index (χ1n) is 13.3. The Labute approximate surface area is 227 Å². The lowest BCUT2D eigenvalue weighted by atomic mass is 9.67. The summed E-state index contributed by atoms with van der Waals surface area (Å²) in [7, 11) is 0. The van der Waals surface area contributed by atoms with Crippen LogP contribution in [0.2, 0.25) is 0 Å². The average molecular weight is 531 g/mol. The minimum Gasteiger partial charge on any atom is -0.308 e. The monoisotopic (exact) mass is 530 g/mol. The number of hydrogen-bond donors (Lipinski definition) is 2. The van der Waals surface area contributed by atoms with Gasteiger partial charge in [-0.15, -0.1) is 11.3 Å². The predicted octanol–water partition coefficient (Wildman–Crippen LogP) is 3.15. The van der Waals surface area contributed by atoms with Gasteiger partial charge in [0, 0.05) is 36.3 Å². The average Bonchev–Trinajstić information content (AvgIpc) is 3.59. The highest BCUT2D eigenvalue weighted by Gasteiger charge is 2.64. The SMILES string of the molecule is O=C1C=CC=C2C1=CC(C(=O)c1ccc(C(=O)C3C=C4C(=O)C=CC=C4C45C=C4CNC35)s1)C1NCC3=CC321. The fourth-order valence-corrected chi connectivity index (χ4v) is 8.94. The Bertz CT molecular complexity index is 1650. The fourth-order valence-electron chi connectivity index (χ4n) is 7.96. The summed E-state index contributed by atoms with van der Waals surface area (Å²) in [6.07, 6.45) is 18.7. The van der Waals surface area contributed by atoms with E-state index >= 15 is 0 Å². The molecule has 6 unspecified atom stereocenters. The van der Waals surface area contributed by atoms with Crippen molar-refractivity contribution in [1.82, 2.24) is 10.6 Å². The minimum absolute atomic E-state index is 0.0661. The van der Waals surface area contributed by atoms with E-state index in [-0.39, 0.29) is 46.0 Å². The molecule has 2 N–H and O–H groups in total. The van der Waals surface area contributed by atoms with E-state index in [9.17, 15) is 19.2 Å². The van der Waals surface area contributed by atoms with E-state index in [4.69, 9.17) is 0 Å². The Morgan fingerprint density at radius 2 is 1.21 bits per heavy atom. The van der Waals surface area contributed by atoms with Crippen LogP contribution < -0.4 is 10.6 Å². The Morgan fingerprint density at radius 3 is 1.64 bits per heavy atom. The second kappa shape index (κ2) is 7.04. The molecule has 1 aromatic rings. The van der Waals surface area contributed by atoms with Crippen molar-refractivity contribution in [2.45, 2.75) is 12.1 Å². The Balaban J connectivity index is 1.05. The molecule has 0 bridgehead atoms. The van der Waals surface area contributed by atoms with Crippen LogP contribution in [0.15, 0.2) is 106 Å². The lowest BCUT2D eigenvalue weighted by molar-refractivity contribution is -0.112. The summed E-state index contributed by atoms with van der Waals surface area (Å²) in [4.78, 5) is 54.4. The van der Waals surface area contributed by atoms with Crippen molar-refractivity contribution >= 4 is 34.5 Å². The van der Waals surface area contributed by atoms with Crippen molar-refractivity contribution in [1.29, 1.82) is 0 Å². The zero-order chi connectivity index (χ0) is 26.3. The third-order valence-corrected chi connectivity index (χ3v) is 11.0. The van der Waals surface area contributed by atoms with E-state index in [2.05, 4.69) is 22.8 Å². The van der Waals surface area contributed by atoms with E-state index in [0.717, 1.165) is 11.1 Å². The van der Waals surface area contributed by atoms with Crippen LogP contribution in [0.25, 0.3) is 0 Å². The maximum atomic E-state index is 13.9. The number of nitrogens with one attached hydrogen (secondary N) is 2. The molecule has 2 fully saturated rings. The van der Waals surface area contributed by atoms with Crippen molar-refractivity contribution < 1.29 is 19.2 Å². The molecule has 0 amide bonds. The number of Topliss-reactive ketones (excluding diaryl/α,β-unsaturated/α-hetero) is 2. The second-order valence-electron chi connectivity index (χ2n) is 11.5. The summed E-state index contributed by atoms with van der Waals surface area (Å²) in [5.41, 5.74) is 4.99. The Kier molecular flexibility index (Phi) is 3.99. The van der Waals surface area contributed by atoms with Crippen molar-refractivity contribution in [3.63, 3.8) is 0 Å². The smallest absolute Gasteiger partial charge is 0.185 e. The van der Waals surface area contributed by atoms with E-state index in [1.807, 2.05) is 24.3 Å². The summed E-state index contributed by atoms with van der Waals surface area (Å²) in [5.74, 6) is -1.29. The largest absolute Gasteiger partial charge is 0.308 e. The van der Waals surface area contributed by atoms with E-state index in [1.165, 1.54) is 22.5 Å². The number of carbonyl (C=O) groups is 4. The minimum atomic E-state index is -0.500. The molecule has 9 rings (SSSR count). The van der Waals surface area contributed by atoms with Crippen LogP contribution in [0.1, 0.15) is 19.3 Å². The number of rotatable bonds is 4. The predicted molar refractivity (Wildman–Crippen MR) is 145 cm³/mol. The third-order valence-electron chi connectivity index (χ3n) is 9.84. The van der Waals surface area contributed by atoms with Gasteiger partial charge in [0.15, 0.2) is 23.1 Å². The van der Waals surface area contributed by atoms with Crippen LogP contribution in [-0.4, -0.2) is 48.3 Å². The highest BCUT2D eigenvalue weighted by molar-refractivity contribution is 7.16. The summed E-state index contributed by atoms with van der Waals surface area (Å²) < 4.78 is 0. The van der Waals surface area contributed by atoms with Gasteiger partial charge in [0.2, 0.25) is 0 Å². The molecule has 2 aliphatic heterocycles. The molecule has 190 valence electrons. The standard InChI is InChI=1S/C32H22N2O4S/c35-23-5-1-3-21-17(23)9-19(29-31(21)11-15(31)13-33-29)27(37)25-7-8-26(39-25)28(38)20-10-18-22(4-2-6-24(18)36)32-12-16(32)14-34-30(20)32/h1-12,19-20,29-30,33-34H,13-14H2. The van der Waals surface area contributed by atoms with Crippen molar-refractivity contribution in [3.8, 4) is 0 Å². The van der Waals surface area contributed by atoms with Crippen LogP contribution in [0.4, 0.5) is 0 Å². The van der Waals surface area contributed by atoms with Gasteiger partial charge in [-0.25, -0.2) is 0 Å². The lowest BCUT2D eigenvalue weighted by Gasteiger charge is -2.37. The van der Waals surface area contributed by atoms with E-state index < -0.39 is 11.8 Å².